The lowest BCUT2D eigenvalue weighted by atomic mass is 10.1. The maximum atomic E-state index is 12.0. The third-order valence-corrected chi connectivity index (χ3v) is 3.84. The van der Waals surface area contributed by atoms with Crippen LogP contribution < -0.4 is 15.8 Å². The summed E-state index contributed by atoms with van der Waals surface area (Å²) >= 11 is 0. The van der Waals surface area contributed by atoms with Gasteiger partial charge in [-0.15, -0.1) is 0 Å². The molecule has 1 aromatic rings. The van der Waals surface area contributed by atoms with E-state index in [0.717, 1.165) is 0 Å². The largest absolute Gasteiger partial charge is 0.354 e. The molecule has 0 aliphatic rings. The van der Waals surface area contributed by atoms with Crippen molar-refractivity contribution in [3.05, 3.63) is 18.0 Å². The number of carbonyl (C=O) groups excluding carboxylic acids is 1. The van der Waals surface area contributed by atoms with E-state index in [4.69, 9.17) is 5.73 Å². The molecule has 0 saturated carbocycles. The number of hydrogen-bond donors (Lipinski definition) is 3. The van der Waals surface area contributed by atoms with Crippen LogP contribution in [0, 0.1) is 0 Å². The van der Waals surface area contributed by atoms with Crippen LogP contribution in [0.3, 0.4) is 0 Å². The van der Waals surface area contributed by atoms with Crippen molar-refractivity contribution < 1.29 is 13.2 Å². The van der Waals surface area contributed by atoms with E-state index in [1.54, 1.807) is 20.9 Å². The van der Waals surface area contributed by atoms with Crippen molar-refractivity contribution in [2.75, 3.05) is 13.6 Å². The molecule has 0 unspecified atom stereocenters. The highest BCUT2D eigenvalue weighted by molar-refractivity contribution is 7.89. The Morgan fingerprint density at radius 3 is 2.53 bits per heavy atom. The Labute approximate surface area is 113 Å². The fourth-order valence-corrected chi connectivity index (χ4v) is 2.69. The van der Waals surface area contributed by atoms with Crippen LogP contribution in [0.15, 0.2) is 17.2 Å². The number of sulfonamides is 1. The van der Waals surface area contributed by atoms with Crippen molar-refractivity contribution in [3.8, 4) is 0 Å². The average Bonchev–Trinajstić information content (AvgIpc) is 2.68. The second-order valence-corrected chi connectivity index (χ2v) is 6.83. The maximum absolute atomic E-state index is 12.0. The van der Waals surface area contributed by atoms with Crippen LogP contribution in [0.5, 0.6) is 0 Å². The first-order chi connectivity index (χ1) is 8.57. The van der Waals surface area contributed by atoms with E-state index < -0.39 is 15.6 Å². The van der Waals surface area contributed by atoms with Crippen LogP contribution >= 0.6 is 0 Å². The third-order valence-electron chi connectivity index (χ3n) is 2.47. The first kappa shape index (κ1) is 15.7. The fourth-order valence-electron chi connectivity index (χ4n) is 1.40. The van der Waals surface area contributed by atoms with Crippen LogP contribution in [0.25, 0.3) is 0 Å². The Hall–Kier alpha value is -1.38. The minimum Gasteiger partial charge on any atom is -0.354 e. The van der Waals surface area contributed by atoms with E-state index in [2.05, 4.69) is 10.0 Å². The molecule has 0 bridgehead atoms. The van der Waals surface area contributed by atoms with E-state index in [0.29, 0.717) is 0 Å². The molecule has 19 heavy (non-hydrogen) atoms. The lowest BCUT2D eigenvalue weighted by molar-refractivity contribution is 0.0955. The molecule has 0 fully saturated rings. The molecular formula is C11H20N4O3S. The van der Waals surface area contributed by atoms with Crippen molar-refractivity contribution in [3.63, 3.8) is 0 Å². The number of aromatic nitrogens is 1. The summed E-state index contributed by atoms with van der Waals surface area (Å²) in [5, 5.41) is 2.45. The topological polar surface area (TPSA) is 106 Å². The molecule has 0 spiro atoms. The Bertz CT molecular complexity index is 569. The molecule has 0 aromatic carbocycles. The molecule has 1 rings (SSSR count). The van der Waals surface area contributed by atoms with E-state index >= 15 is 0 Å². The van der Waals surface area contributed by atoms with Crippen LogP contribution in [0.2, 0.25) is 0 Å². The second kappa shape index (κ2) is 5.32. The zero-order chi connectivity index (χ0) is 14.8. The van der Waals surface area contributed by atoms with Crippen LogP contribution in [-0.4, -0.2) is 38.0 Å². The number of aryl methyl sites for hydroxylation is 1. The molecule has 1 amide bonds. The van der Waals surface area contributed by atoms with E-state index in [9.17, 15) is 13.2 Å². The van der Waals surface area contributed by atoms with Gasteiger partial charge in [-0.2, -0.15) is 0 Å². The summed E-state index contributed by atoms with van der Waals surface area (Å²) in [7, 11) is -0.575. The van der Waals surface area contributed by atoms with Gasteiger partial charge in [-0.3, -0.25) is 4.79 Å². The SMILES string of the molecule is CNC(=O)c1cc(S(=O)(=O)NCC(C)(C)N)cn1C. The van der Waals surface area contributed by atoms with Gasteiger partial charge in [0.25, 0.3) is 5.91 Å². The Balaban J connectivity index is 3.00. The predicted octanol–water partition coefficient (Wildman–Crippen LogP) is -0.600. The lowest BCUT2D eigenvalue weighted by Crippen LogP contribution is -2.44. The number of rotatable bonds is 5. The highest BCUT2D eigenvalue weighted by atomic mass is 32.2. The number of nitrogens with zero attached hydrogens (tertiary/aromatic N) is 1. The van der Waals surface area contributed by atoms with Crippen LogP contribution in [0.4, 0.5) is 0 Å². The quantitative estimate of drug-likeness (QED) is 0.672. The highest BCUT2D eigenvalue weighted by Crippen LogP contribution is 2.13. The van der Waals surface area contributed by atoms with Crippen LogP contribution in [0.1, 0.15) is 24.3 Å². The molecule has 7 nitrogen and oxygen atoms in total. The van der Waals surface area contributed by atoms with E-state index in [1.807, 2.05) is 0 Å². The van der Waals surface area contributed by atoms with Gasteiger partial charge in [0.2, 0.25) is 10.0 Å². The molecule has 0 aliphatic carbocycles. The molecule has 0 atom stereocenters. The van der Waals surface area contributed by atoms with E-state index in [-0.39, 0.29) is 23.0 Å². The fraction of sp³-hybridized carbons (Fsp3) is 0.545. The highest BCUT2D eigenvalue weighted by Gasteiger charge is 2.22. The zero-order valence-corrected chi connectivity index (χ0v) is 12.3. The molecule has 1 heterocycles. The van der Waals surface area contributed by atoms with Gasteiger partial charge < -0.3 is 15.6 Å². The number of nitrogens with one attached hydrogen (secondary N) is 2. The third kappa shape index (κ3) is 4.05. The van der Waals surface area contributed by atoms with Crippen molar-refractivity contribution in [2.24, 2.45) is 12.8 Å². The first-order valence-electron chi connectivity index (χ1n) is 5.74. The van der Waals surface area contributed by atoms with Gasteiger partial charge >= 0.3 is 0 Å². The average molecular weight is 288 g/mol. The van der Waals surface area contributed by atoms with Gasteiger partial charge in [-0.05, 0) is 19.9 Å². The monoisotopic (exact) mass is 288 g/mol. The molecule has 8 heteroatoms. The maximum Gasteiger partial charge on any atom is 0.267 e. The Morgan fingerprint density at radius 1 is 1.47 bits per heavy atom. The van der Waals surface area contributed by atoms with Gasteiger partial charge in [-0.25, -0.2) is 13.1 Å². The molecule has 4 N–H and O–H groups in total. The van der Waals surface area contributed by atoms with Crippen LogP contribution in [-0.2, 0) is 17.1 Å². The van der Waals surface area contributed by atoms with Crippen molar-refractivity contribution in [1.29, 1.82) is 0 Å². The van der Waals surface area contributed by atoms with Crippen molar-refractivity contribution in [1.82, 2.24) is 14.6 Å². The van der Waals surface area contributed by atoms with Crippen molar-refractivity contribution >= 4 is 15.9 Å². The first-order valence-corrected chi connectivity index (χ1v) is 7.22. The molecule has 0 saturated heterocycles. The molecule has 108 valence electrons. The number of carbonyl (C=O) groups is 1. The summed E-state index contributed by atoms with van der Waals surface area (Å²) in [6, 6.07) is 1.32. The summed E-state index contributed by atoms with van der Waals surface area (Å²) < 4.78 is 28.0. The number of hydrogen-bond acceptors (Lipinski definition) is 4. The molecule has 0 aliphatic heterocycles. The minimum atomic E-state index is -3.67. The van der Waals surface area contributed by atoms with Gasteiger partial charge in [0.05, 0.1) is 0 Å². The minimum absolute atomic E-state index is 0.0397. The normalized spacial score (nSPS) is 12.5. The number of nitrogens with two attached hydrogens (primary N) is 1. The van der Waals surface area contributed by atoms with Gasteiger partial charge in [0.15, 0.2) is 0 Å². The Morgan fingerprint density at radius 2 is 2.05 bits per heavy atom. The summed E-state index contributed by atoms with van der Waals surface area (Å²) in [6.45, 7) is 3.55. The van der Waals surface area contributed by atoms with Gasteiger partial charge in [0.1, 0.15) is 10.6 Å². The number of amides is 1. The van der Waals surface area contributed by atoms with Gasteiger partial charge in [-0.1, -0.05) is 0 Å². The zero-order valence-electron chi connectivity index (χ0n) is 11.5. The molecular weight excluding hydrogens is 268 g/mol. The lowest BCUT2D eigenvalue weighted by Gasteiger charge is -2.18. The summed E-state index contributed by atoms with van der Waals surface area (Å²) in [4.78, 5) is 11.6. The second-order valence-electron chi connectivity index (χ2n) is 5.06. The predicted molar refractivity (Wildman–Crippen MR) is 72.3 cm³/mol. The smallest absolute Gasteiger partial charge is 0.267 e. The van der Waals surface area contributed by atoms with Crippen molar-refractivity contribution in [2.45, 2.75) is 24.3 Å². The summed E-state index contributed by atoms with van der Waals surface area (Å²) in [6.07, 6.45) is 1.39. The molecule has 0 radical (unpaired) electrons. The summed E-state index contributed by atoms with van der Waals surface area (Å²) in [5.41, 5.74) is 5.36. The van der Waals surface area contributed by atoms with E-state index in [1.165, 1.54) is 23.9 Å². The standard InChI is InChI=1S/C11H20N4O3S/c1-11(2,12)7-14-19(17,18)8-5-9(10(16)13-3)15(4)6-8/h5-6,14H,7,12H2,1-4H3,(H,13,16). The molecule has 1 aromatic heterocycles. The summed E-state index contributed by atoms with van der Waals surface area (Å²) in [5.74, 6) is -0.344. The van der Waals surface area contributed by atoms with Gasteiger partial charge in [0, 0.05) is 32.4 Å². The Kier molecular flexibility index (Phi) is 4.39.